The SMILES string of the molecule is [C-]#[N+]c1cc2c(cc1C)nc(Cc1cccc(C(=O)OC)c1)n2CCOC. The molecule has 0 atom stereocenters. The van der Waals surface area contributed by atoms with Gasteiger partial charge in [0, 0.05) is 20.1 Å². The zero-order chi connectivity index (χ0) is 19.4. The van der Waals surface area contributed by atoms with Gasteiger partial charge < -0.3 is 14.0 Å². The fraction of sp³-hybridized carbons (Fsp3) is 0.286. The molecule has 6 nitrogen and oxygen atoms in total. The molecule has 0 aliphatic heterocycles. The predicted molar refractivity (Wildman–Crippen MR) is 103 cm³/mol. The van der Waals surface area contributed by atoms with E-state index in [0.29, 0.717) is 30.8 Å². The fourth-order valence-electron chi connectivity index (χ4n) is 3.11. The summed E-state index contributed by atoms with van der Waals surface area (Å²) in [5, 5.41) is 0. The summed E-state index contributed by atoms with van der Waals surface area (Å²) in [7, 11) is 3.03. The van der Waals surface area contributed by atoms with Crippen LogP contribution in [0, 0.1) is 13.5 Å². The number of aryl methyl sites for hydroxylation is 1. The fourth-order valence-corrected chi connectivity index (χ4v) is 3.11. The molecule has 1 aromatic heterocycles. The first-order chi connectivity index (χ1) is 13.1. The zero-order valence-corrected chi connectivity index (χ0v) is 15.7. The van der Waals surface area contributed by atoms with Crippen molar-refractivity contribution < 1.29 is 14.3 Å². The van der Waals surface area contributed by atoms with Gasteiger partial charge in [-0.25, -0.2) is 14.6 Å². The summed E-state index contributed by atoms with van der Waals surface area (Å²) in [6.07, 6.45) is 0.565. The van der Waals surface area contributed by atoms with Crippen LogP contribution in [0.2, 0.25) is 0 Å². The first-order valence-electron chi connectivity index (χ1n) is 8.60. The number of carbonyl (C=O) groups excluding carboxylic acids is 1. The molecule has 0 unspecified atom stereocenters. The van der Waals surface area contributed by atoms with Gasteiger partial charge in [-0.05, 0) is 42.3 Å². The lowest BCUT2D eigenvalue weighted by molar-refractivity contribution is 0.0600. The van der Waals surface area contributed by atoms with Crippen LogP contribution in [0.15, 0.2) is 36.4 Å². The molecule has 2 aromatic carbocycles. The third-order valence-corrected chi connectivity index (χ3v) is 4.49. The lowest BCUT2D eigenvalue weighted by atomic mass is 10.1. The molecule has 27 heavy (non-hydrogen) atoms. The summed E-state index contributed by atoms with van der Waals surface area (Å²) in [6, 6.07) is 11.2. The molecule has 0 aliphatic carbocycles. The third kappa shape index (κ3) is 3.83. The molecule has 0 radical (unpaired) electrons. The molecule has 138 valence electrons. The van der Waals surface area contributed by atoms with Crippen molar-refractivity contribution in [3.8, 4) is 0 Å². The van der Waals surface area contributed by atoms with Gasteiger partial charge in [-0.15, -0.1) is 0 Å². The molecule has 3 aromatic rings. The van der Waals surface area contributed by atoms with Crippen LogP contribution in [0.25, 0.3) is 15.9 Å². The van der Waals surface area contributed by atoms with Gasteiger partial charge in [0.2, 0.25) is 0 Å². The molecule has 1 heterocycles. The molecule has 0 N–H and O–H groups in total. The maximum Gasteiger partial charge on any atom is 0.337 e. The van der Waals surface area contributed by atoms with Crippen molar-refractivity contribution in [1.82, 2.24) is 9.55 Å². The third-order valence-electron chi connectivity index (χ3n) is 4.49. The monoisotopic (exact) mass is 363 g/mol. The number of aromatic nitrogens is 2. The highest BCUT2D eigenvalue weighted by atomic mass is 16.5. The van der Waals surface area contributed by atoms with Crippen molar-refractivity contribution >= 4 is 22.7 Å². The van der Waals surface area contributed by atoms with Gasteiger partial charge in [0.05, 0.1) is 36.9 Å². The number of hydrogen-bond acceptors (Lipinski definition) is 4. The number of ether oxygens (including phenoxy) is 2. The predicted octanol–water partition coefficient (Wildman–Crippen LogP) is 3.92. The summed E-state index contributed by atoms with van der Waals surface area (Å²) in [6.45, 7) is 10.5. The van der Waals surface area contributed by atoms with Crippen LogP contribution in [-0.2, 0) is 22.4 Å². The second kappa shape index (κ2) is 8.02. The van der Waals surface area contributed by atoms with E-state index >= 15 is 0 Å². The highest BCUT2D eigenvalue weighted by Crippen LogP contribution is 2.27. The van der Waals surface area contributed by atoms with Gasteiger partial charge in [0.1, 0.15) is 5.82 Å². The van der Waals surface area contributed by atoms with Crippen molar-refractivity contribution in [2.75, 3.05) is 20.8 Å². The summed E-state index contributed by atoms with van der Waals surface area (Å²) < 4.78 is 12.1. The van der Waals surface area contributed by atoms with Gasteiger partial charge in [0.25, 0.3) is 0 Å². The normalized spacial score (nSPS) is 10.7. The second-order valence-electron chi connectivity index (χ2n) is 6.28. The first-order valence-corrected chi connectivity index (χ1v) is 8.60. The minimum Gasteiger partial charge on any atom is -0.465 e. The van der Waals surface area contributed by atoms with E-state index in [2.05, 4.69) is 9.41 Å². The summed E-state index contributed by atoms with van der Waals surface area (Å²) in [4.78, 5) is 20.2. The van der Waals surface area contributed by atoms with E-state index < -0.39 is 0 Å². The zero-order valence-electron chi connectivity index (χ0n) is 15.7. The maximum absolute atomic E-state index is 11.8. The molecule has 0 fully saturated rings. The molecular formula is C21H21N3O3. The lowest BCUT2D eigenvalue weighted by Gasteiger charge is -2.10. The number of methoxy groups -OCH3 is 2. The van der Waals surface area contributed by atoms with Gasteiger partial charge in [0.15, 0.2) is 5.69 Å². The number of fused-ring (bicyclic) bond motifs is 1. The minimum atomic E-state index is -0.359. The average molecular weight is 363 g/mol. The average Bonchev–Trinajstić information content (AvgIpc) is 3.00. The molecular weight excluding hydrogens is 342 g/mol. The Hall–Kier alpha value is -3.17. The van der Waals surface area contributed by atoms with E-state index in [1.807, 2.05) is 37.3 Å². The van der Waals surface area contributed by atoms with Crippen molar-refractivity contribution in [1.29, 1.82) is 0 Å². The van der Waals surface area contributed by atoms with Gasteiger partial charge in [-0.3, -0.25) is 0 Å². The number of benzene rings is 2. The molecule has 6 heteroatoms. The Morgan fingerprint density at radius 2 is 2.07 bits per heavy atom. The van der Waals surface area contributed by atoms with Crippen LogP contribution in [0.5, 0.6) is 0 Å². The molecule has 0 aliphatic rings. The quantitative estimate of drug-likeness (QED) is 0.492. The van der Waals surface area contributed by atoms with Gasteiger partial charge >= 0.3 is 5.97 Å². The molecule has 0 saturated heterocycles. The number of rotatable bonds is 6. The summed E-state index contributed by atoms with van der Waals surface area (Å²) in [5.74, 6) is 0.507. The van der Waals surface area contributed by atoms with Gasteiger partial charge in [-0.1, -0.05) is 12.1 Å². The Kier molecular flexibility index (Phi) is 5.53. The van der Waals surface area contributed by atoms with Crippen molar-refractivity contribution in [3.05, 3.63) is 70.3 Å². The largest absolute Gasteiger partial charge is 0.465 e. The van der Waals surface area contributed by atoms with E-state index in [1.54, 1.807) is 13.2 Å². The minimum absolute atomic E-state index is 0.359. The van der Waals surface area contributed by atoms with Gasteiger partial charge in [-0.2, -0.15) is 0 Å². The van der Waals surface area contributed by atoms with Crippen LogP contribution in [0.3, 0.4) is 0 Å². The van der Waals surface area contributed by atoms with Crippen LogP contribution in [0.1, 0.15) is 27.3 Å². The topological polar surface area (TPSA) is 57.7 Å². The van der Waals surface area contributed by atoms with Crippen molar-refractivity contribution in [3.63, 3.8) is 0 Å². The van der Waals surface area contributed by atoms with Crippen LogP contribution in [0.4, 0.5) is 5.69 Å². The number of carbonyl (C=O) groups is 1. The maximum atomic E-state index is 11.8. The molecule has 3 rings (SSSR count). The molecule has 0 spiro atoms. The Morgan fingerprint density at radius 3 is 2.78 bits per heavy atom. The number of imidazole rings is 1. The van der Waals surface area contributed by atoms with Crippen LogP contribution < -0.4 is 0 Å². The molecule has 0 amide bonds. The Labute approximate surface area is 158 Å². The summed E-state index contributed by atoms with van der Waals surface area (Å²) >= 11 is 0. The van der Waals surface area contributed by atoms with Crippen molar-refractivity contribution in [2.45, 2.75) is 19.9 Å². The van der Waals surface area contributed by atoms with E-state index in [9.17, 15) is 4.79 Å². The van der Waals surface area contributed by atoms with E-state index in [0.717, 1.165) is 28.0 Å². The Morgan fingerprint density at radius 1 is 1.26 bits per heavy atom. The second-order valence-corrected chi connectivity index (χ2v) is 6.28. The molecule has 0 saturated carbocycles. The van der Waals surface area contributed by atoms with Crippen LogP contribution >= 0.6 is 0 Å². The summed E-state index contributed by atoms with van der Waals surface area (Å²) in [5.41, 5.74) is 4.79. The number of hydrogen-bond donors (Lipinski definition) is 0. The van der Waals surface area contributed by atoms with E-state index in [1.165, 1.54) is 7.11 Å². The highest BCUT2D eigenvalue weighted by molar-refractivity contribution is 5.89. The standard InChI is InChI=1S/C21H21N3O3/c1-14-10-18-19(13-17(14)22-2)24(8-9-26-3)20(23-18)12-15-6-5-7-16(11-15)21(25)27-4/h5-7,10-11,13H,8-9,12H2,1,3-4H3. The van der Waals surface area contributed by atoms with E-state index in [-0.39, 0.29) is 5.97 Å². The van der Waals surface area contributed by atoms with E-state index in [4.69, 9.17) is 21.0 Å². The Balaban J connectivity index is 2.05. The lowest BCUT2D eigenvalue weighted by Crippen LogP contribution is -2.09. The number of esters is 1. The Bertz CT molecular complexity index is 1030. The number of nitrogens with zero attached hydrogens (tertiary/aromatic N) is 3. The van der Waals surface area contributed by atoms with Crippen molar-refractivity contribution in [2.24, 2.45) is 0 Å². The molecule has 0 bridgehead atoms. The first kappa shape index (κ1) is 18.6. The van der Waals surface area contributed by atoms with Crippen LogP contribution in [-0.4, -0.2) is 36.3 Å². The highest BCUT2D eigenvalue weighted by Gasteiger charge is 2.14. The smallest absolute Gasteiger partial charge is 0.337 e.